The molecule has 2 saturated carbocycles. The van der Waals surface area contributed by atoms with Crippen molar-refractivity contribution < 1.29 is 4.79 Å². The molecule has 0 unspecified atom stereocenters. The molecule has 4 nitrogen and oxygen atoms in total. The first-order valence-corrected chi connectivity index (χ1v) is 8.15. The number of hydrogen-bond acceptors (Lipinski definition) is 4. The molecule has 110 valence electrons. The molecule has 3 rings (SSSR count). The van der Waals surface area contributed by atoms with E-state index in [1.54, 1.807) is 30.3 Å². The van der Waals surface area contributed by atoms with E-state index in [9.17, 15) is 4.79 Å². The number of rotatable bonds is 5. The van der Waals surface area contributed by atoms with Gasteiger partial charge in [-0.05, 0) is 37.5 Å². The van der Waals surface area contributed by atoms with Gasteiger partial charge in [0, 0.05) is 33.3 Å². The Hall–Kier alpha value is -1.23. The van der Waals surface area contributed by atoms with Crippen LogP contribution >= 0.6 is 11.3 Å². The fraction of sp³-hybridized carbons (Fsp3) is 0.667. The van der Waals surface area contributed by atoms with Crippen molar-refractivity contribution in [1.82, 2.24) is 4.90 Å². The van der Waals surface area contributed by atoms with Gasteiger partial charge in [-0.25, -0.2) is 0 Å². The maximum Gasteiger partial charge on any atom is 0.265 e. The van der Waals surface area contributed by atoms with E-state index in [4.69, 9.17) is 5.73 Å². The van der Waals surface area contributed by atoms with Crippen molar-refractivity contribution in [1.29, 1.82) is 0 Å². The third kappa shape index (κ3) is 2.51. The van der Waals surface area contributed by atoms with E-state index in [1.165, 1.54) is 36.2 Å². The lowest BCUT2D eigenvalue weighted by atomic mass is 10.1. The van der Waals surface area contributed by atoms with E-state index in [1.807, 2.05) is 0 Å². The van der Waals surface area contributed by atoms with Crippen molar-refractivity contribution in [2.75, 3.05) is 38.3 Å². The maximum atomic E-state index is 12.3. The number of carbonyl (C=O) groups excluding carboxylic acids is 1. The molecule has 0 radical (unpaired) electrons. The Kier molecular flexibility index (Phi) is 3.40. The molecule has 5 heteroatoms. The Morgan fingerprint density at radius 3 is 2.40 bits per heavy atom. The highest BCUT2D eigenvalue weighted by atomic mass is 32.1. The molecule has 1 heterocycles. The fourth-order valence-corrected chi connectivity index (χ4v) is 3.93. The molecular weight excluding hydrogens is 270 g/mol. The molecule has 2 fully saturated rings. The Balaban J connectivity index is 1.94. The number of anilines is 2. The summed E-state index contributed by atoms with van der Waals surface area (Å²) >= 11 is 1.58. The van der Waals surface area contributed by atoms with Crippen LogP contribution in [0.15, 0.2) is 0 Å². The third-order valence-corrected chi connectivity index (χ3v) is 5.45. The topological polar surface area (TPSA) is 49.6 Å². The lowest BCUT2D eigenvalue weighted by molar-refractivity contribution is 0.0833. The standard InChI is InChI=1S/C15H23N3OS/c1-17(2)14(19)13-12(16)11(10-6-7-10)15(20-13)18(3)8-9-4-5-9/h9-10H,4-8,16H2,1-3H3. The smallest absolute Gasteiger partial charge is 0.265 e. The average molecular weight is 293 g/mol. The summed E-state index contributed by atoms with van der Waals surface area (Å²) in [4.78, 5) is 16.9. The van der Waals surface area contributed by atoms with E-state index in [0.717, 1.165) is 23.0 Å². The van der Waals surface area contributed by atoms with Gasteiger partial charge in [-0.15, -0.1) is 11.3 Å². The summed E-state index contributed by atoms with van der Waals surface area (Å²) in [6, 6.07) is 0. The van der Waals surface area contributed by atoms with Crippen molar-refractivity contribution in [3.05, 3.63) is 10.4 Å². The minimum Gasteiger partial charge on any atom is -0.397 e. The zero-order valence-electron chi connectivity index (χ0n) is 12.5. The highest BCUT2D eigenvalue weighted by molar-refractivity contribution is 7.18. The van der Waals surface area contributed by atoms with E-state index < -0.39 is 0 Å². The molecule has 2 aliphatic carbocycles. The molecule has 1 aromatic rings. The molecule has 1 aromatic heterocycles. The van der Waals surface area contributed by atoms with Gasteiger partial charge >= 0.3 is 0 Å². The average Bonchev–Trinajstić information content (AvgIpc) is 3.29. The number of carbonyl (C=O) groups is 1. The fourth-order valence-electron chi connectivity index (χ4n) is 2.63. The van der Waals surface area contributed by atoms with Gasteiger partial charge in [-0.2, -0.15) is 0 Å². The summed E-state index contributed by atoms with van der Waals surface area (Å²) in [5.41, 5.74) is 8.27. The summed E-state index contributed by atoms with van der Waals surface area (Å²) in [6.45, 7) is 1.09. The van der Waals surface area contributed by atoms with Crippen molar-refractivity contribution >= 4 is 27.9 Å². The Morgan fingerprint density at radius 1 is 1.25 bits per heavy atom. The van der Waals surface area contributed by atoms with Crippen LogP contribution in [0.5, 0.6) is 0 Å². The molecule has 0 atom stereocenters. The number of nitrogens with two attached hydrogens (primary N) is 1. The highest BCUT2D eigenvalue weighted by Crippen LogP contribution is 2.52. The van der Waals surface area contributed by atoms with Crippen LogP contribution in [0.2, 0.25) is 0 Å². The van der Waals surface area contributed by atoms with Crippen molar-refractivity contribution in [3.63, 3.8) is 0 Å². The summed E-state index contributed by atoms with van der Waals surface area (Å²) in [5, 5.41) is 1.22. The third-order valence-electron chi connectivity index (χ3n) is 4.13. The number of hydrogen-bond donors (Lipinski definition) is 1. The maximum absolute atomic E-state index is 12.3. The predicted molar refractivity (Wildman–Crippen MR) is 84.7 cm³/mol. The van der Waals surface area contributed by atoms with Gasteiger partial charge in [0.05, 0.1) is 10.7 Å². The van der Waals surface area contributed by atoms with E-state index in [2.05, 4.69) is 11.9 Å². The predicted octanol–water partition coefficient (Wildman–Crippen LogP) is 2.76. The van der Waals surface area contributed by atoms with Gasteiger partial charge < -0.3 is 15.5 Å². The van der Waals surface area contributed by atoms with Crippen molar-refractivity contribution in [2.24, 2.45) is 5.92 Å². The second-order valence-electron chi connectivity index (χ2n) is 6.36. The van der Waals surface area contributed by atoms with Gasteiger partial charge in [-0.3, -0.25) is 4.79 Å². The zero-order valence-corrected chi connectivity index (χ0v) is 13.3. The van der Waals surface area contributed by atoms with Crippen LogP contribution in [0.4, 0.5) is 10.7 Å². The van der Waals surface area contributed by atoms with Gasteiger partial charge in [0.25, 0.3) is 5.91 Å². The molecule has 20 heavy (non-hydrogen) atoms. The Morgan fingerprint density at radius 2 is 1.90 bits per heavy atom. The van der Waals surface area contributed by atoms with Crippen molar-refractivity contribution in [2.45, 2.75) is 31.6 Å². The van der Waals surface area contributed by atoms with Crippen LogP contribution in [0.25, 0.3) is 0 Å². The number of nitrogen functional groups attached to an aromatic ring is 1. The Bertz CT molecular complexity index is 529. The minimum absolute atomic E-state index is 0.0282. The molecule has 0 aliphatic heterocycles. The highest BCUT2D eigenvalue weighted by Gasteiger charge is 2.35. The summed E-state index contributed by atoms with van der Waals surface area (Å²) in [5.74, 6) is 1.44. The van der Waals surface area contributed by atoms with Crippen LogP contribution in [-0.2, 0) is 0 Å². The first-order chi connectivity index (χ1) is 9.49. The quantitative estimate of drug-likeness (QED) is 0.908. The van der Waals surface area contributed by atoms with Crippen LogP contribution in [0.3, 0.4) is 0 Å². The molecule has 2 aliphatic rings. The molecule has 0 saturated heterocycles. The number of nitrogens with zero attached hydrogens (tertiary/aromatic N) is 2. The van der Waals surface area contributed by atoms with Crippen LogP contribution in [0.1, 0.15) is 46.8 Å². The lowest BCUT2D eigenvalue weighted by Crippen LogP contribution is -2.21. The van der Waals surface area contributed by atoms with Gasteiger partial charge in [0.2, 0.25) is 0 Å². The summed E-state index contributed by atoms with van der Waals surface area (Å²) in [6.07, 6.45) is 5.10. The summed E-state index contributed by atoms with van der Waals surface area (Å²) < 4.78 is 0. The SMILES string of the molecule is CN(C)C(=O)c1sc(N(C)CC2CC2)c(C2CC2)c1N. The lowest BCUT2D eigenvalue weighted by Gasteiger charge is -2.19. The van der Waals surface area contributed by atoms with Crippen LogP contribution < -0.4 is 10.6 Å². The van der Waals surface area contributed by atoms with Crippen molar-refractivity contribution in [3.8, 4) is 0 Å². The van der Waals surface area contributed by atoms with Gasteiger partial charge in [-0.1, -0.05) is 0 Å². The second kappa shape index (κ2) is 4.95. The first-order valence-electron chi connectivity index (χ1n) is 7.34. The number of thiophene rings is 1. The summed E-state index contributed by atoms with van der Waals surface area (Å²) in [7, 11) is 5.71. The second-order valence-corrected chi connectivity index (χ2v) is 7.36. The van der Waals surface area contributed by atoms with E-state index in [-0.39, 0.29) is 5.91 Å². The monoisotopic (exact) mass is 293 g/mol. The van der Waals surface area contributed by atoms with Gasteiger partial charge in [0.1, 0.15) is 4.88 Å². The Labute approximate surface area is 124 Å². The molecule has 0 aromatic carbocycles. The van der Waals surface area contributed by atoms with E-state index >= 15 is 0 Å². The van der Waals surface area contributed by atoms with Crippen LogP contribution in [-0.4, -0.2) is 38.5 Å². The molecular formula is C15H23N3OS. The molecule has 0 spiro atoms. The molecule has 0 bridgehead atoms. The molecule has 2 N–H and O–H groups in total. The largest absolute Gasteiger partial charge is 0.397 e. The number of amides is 1. The minimum atomic E-state index is 0.0282. The normalized spacial score (nSPS) is 18.1. The zero-order chi connectivity index (χ0) is 14.4. The van der Waals surface area contributed by atoms with Crippen LogP contribution in [0, 0.1) is 5.92 Å². The van der Waals surface area contributed by atoms with Gasteiger partial charge in [0.15, 0.2) is 0 Å². The first kappa shape index (κ1) is 13.7. The molecule has 1 amide bonds. The van der Waals surface area contributed by atoms with E-state index in [0.29, 0.717) is 5.92 Å².